The number of hydrogen-bond donors (Lipinski definition) is 1. The molecule has 4 aliphatic rings. The highest BCUT2D eigenvalue weighted by Gasteiger charge is 2.47. The van der Waals surface area contributed by atoms with Crippen LogP contribution < -0.4 is 5.32 Å². The topological polar surface area (TPSA) is 61.9 Å². The van der Waals surface area contributed by atoms with E-state index in [1.165, 1.54) is 0 Å². The lowest BCUT2D eigenvalue weighted by Crippen LogP contribution is -2.54. The van der Waals surface area contributed by atoms with Crippen LogP contribution >= 0.6 is 0 Å². The predicted molar refractivity (Wildman–Crippen MR) is 89.6 cm³/mol. The number of carbonyl (C=O) groups is 2. The van der Waals surface area contributed by atoms with Crippen LogP contribution in [0.15, 0.2) is 0 Å². The van der Waals surface area contributed by atoms with E-state index in [2.05, 4.69) is 10.2 Å². The van der Waals surface area contributed by atoms with E-state index in [0.29, 0.717) is 12.5 Å². The van der Waals surface area contributed by atoms with Crippen molar-refractivity contribution < 1.29 is 18.4 Å². The molecular weight excluding hydrogens is 306 g/mol. The van der Waals surface area contributed by atoms with E-state index in [9.17, 15) is 9.59 Å². The molecule has 2 atom stereocenters. The van der Waals surface area contributed by atoms with Gasteiger partial charge in [0.25, 0.3) is 0 Å². The molecule has 4 aliphatic heterocycles. The van der Waals surface area contributed by atoms with Gasteiger partial charge in [0.2, 0.25) is 5.91 Å². The molecule has 6 nitrogen and oxygen atoms in total. The third kappa shape index (κ3) is 2.79. The number of rotatable bonds is 2. The van der Waals surface area contributed by atoms with Crippen LogP contribution in [0.4, 0.5) is 4.79 Å². The van der Waals surface area contributed by atoms with Crippen molar-refractivity contribution in [3.05, 3.63) is 0 Å². The summed E-state index contributed by atoms with van der Waals surface area (Å²) in [4.78, 5) is 28.3. The zero-order valence-electron chi connectivity index (χ0n) is 17.1. The van der Waals surface area contributed by atoms with Gasteiger partial charge in [-0.1, -0.05) is 0 Å². The molecule has 0 aromatic heterocycles. The summed E-state index contributed by atoms with van der Waals surface area (Å²) in [6.07, 6.45) is 6.13. The van der Waals surface area contributed by atoms with Crippen LogP contribution in [-0.2, 0) is 9.53 Å². The Morgan fingerprint density at radius 2 is 2.00 bits per heavy atom. The molecule has 4 rings (SSSR count). The molecule has 2 unspecified atom stereocenters. The number of nitrogens with one attached hydrogen (secondary N) is 1. The summed E-state index contributed by atoms with van der Waals surface area (Å²) in [6.45, 7) is 0.0866. The maximum atomic E-state index is 12.4. The highest BCUT2D eigenvalue weighted by Crippen LogP contribution is 2.42. The van der Waals surface area contributed by atoms with Crippen molar-refractivity contribution in [3.8, 4) is 0 Å². The van der Waals surface area contributed by atoms with E-state index >= 15 is 0 Å². The van der Waals surface area contributed by atoms with Gasteiger partial charge < -0.3 is 19.9 Å². The largest absolute Gasteiger partial charge is 0.450 e. The molecule has 4 fully saturated rings. The Balaban J connectivity index is 1.31. The Kier molecular flexibility index (Phi) is 3.36. The lowest BCUT2D eigenvalue weighted by atomic mass is 9.77. The minimum Gasteiger partial charge on any atom is -0.450 e. The number of nitrogens with zero attached hydrogens (tertiary/aromatic N) is 2. The van der Waals surface area contributed by atoms with E-state index in [-0.39, 0.29) is 23.4 Å². The van der Waals surface area contributed by atoms with Gasteiger partial charge in [-0.2, -0.15) is 0 Å². The third-order valence-corrected chi connectivity index (χ3v) is 6.69. The fraction of sp³-hybridized carbons (Fsp3) is 0.889. The molecule has 4 heterocycles. The Morgan fingerprint density at radius 1 is 1.29 bits per heavy atom. The van der Waals surface area contributed by atoms with Crippen LogP contribution in [0.1, 0.15) is 55.9 Å². The molecule has 134 valence electrons. The number of likely N-dealkylation sites (tertiary alicyclic amines) is 1. The van der Waals surface area contributed by atoms with Gasteiger partial charge in [0.05, 0.1) is 6.61 Å². The summed E-state index contributed by atoms with van der Waals surface area (Å²) < 4.78 is 26.7. The Morgan fingerprint density at radius 3 is 2.58 bits per heavy atom. The fourth-order valence-electron chi connectivity index (χ4n) is 5.35. The van der Waals surface area contributed by atoms with E-state index < -0.39 is 19.6 Å². The van der Waals surface area contributed by atoms with E-state index in [0.717, 1.165) is 58.2 Å². The molecule has 0 saturated carbocycles. The van der Waals surface area contributed by atoms with Gasteiger partial charge in [0, 0.05) is 35.2 Å². The molecule has 0 aromatic carbocycles. The average Bonchev–Trinajstić information content (AvgIpc) is 3.09. The van der Waals surface area contributed by atoms with Gasteiger partial charge in [-0.15, -0.1) is 0 Å². The molecule has 2 bridgehead atoms. The molecule has 0 radical (unpaired) electrons. The van der Waals surface area contributed by atoms with Crippen molar-refractivity contribution in [1.82, 2.24) is 15.1 Å². The normalized spacial score (nSPS) is 37.7. The summed E-state index contributed by atoms with van der Waals surface area (Å²) in [5.74, 6) is 0.186. The number of hydrogen-bond acceptors (Lipinski definition) is 4. The second-order valence-corrected chi connectivity index (χ2v) is 7.96. The maximum Gasteiger partial charge on any atom is 0.410 e. The quantitative estimate of drug-likeness (QED) is 0.833. The first-order valence-corrected chi connectivity index (χ1v) is 9.21. The Hall–Kier alpha value is -1.30. The highest BCUT2D eigenvalue weighted by atomic mass is 16.6. The first kappa shape index (κ1) is 13.0. The molecule has 0 aromatic rings. The van der Waals surface area contributed by atoms with E-state index in [1.807, 2.05) is 0 Å². The van der Waals surface area contributed by atoms with Crippen molar-refractivity contribution in [2.75, 3.05) is 26.2 Å². The zero-order valence-corrected chi connectivity index (χ0v) is 14.1. The summed E-state index contributed by atoms with van der Waals surface area (Å²) in [5.41, 5.74) is 0.159. The zero-order chi connectivity index (χ0) is 19.2. The van der Waals surface area contributed by atoms with Gasteiger partial charge in [-0.05, 0) is 63.9 Å². The lowest BCUT2D eigenvalue weighted by Gasteiger charge is -2.46. The second-order valence-electron chi connectivity index (χ2n) is 7.96. The SMILES string of the molecule is [2H]C([2H])([2H])COC(=O)N1C2CCC1CC(N1CCC3(CC1)CNC(=O)C3)C2. The van der Waals surface area contributed by atoms with Gasteiger partial charge in [0.15, 0.2) is 0 Å². The number of amides is 2. The van der Waals surface area contributed by atoms with Crippen LogP contribution in [-0.4, -0.2) is 66.2 Å². The predicted octanol–water partition coefficient (Wildman–Crippen LogP) is 1.74. The van der Waals surface area contributed by atoms with Crippen molar-refractivity contribution >= 4 is 12.0 Å². The van der Waals surface area contributed by atoms with Crippen molar-refractivity contribution in [3.63, 3.8) is 0 Å². The highest BCUT2D eigenvalue weighted by molar-refractivity contribution is 5.79. The summed E-state index contributed by atoms with van der Waals surface area (Å²) >= 11 is 0. The maximum absolute atomic E-state index is 12.4. The monoisotopic (exact) mass is 338 g/mol. The fourth-order valence-corrected chi connectivity index (χ4v) is 5.35. The van der Waals surface area contributed by atoms with Crippen molar-refractivity contribution in [2.24, 2.45) is 5.41 Å². The van der Waals surface area contributed by atoms with Gasteiger partial charge in [-0.25, -0.2) is 4.79 Å². The first-order chi connectivity index (χ1) is 12.7. The molecule has 6 heteroatoms. The number of fused-ring (bicyclic) bond motifs is 2. The molecule has 1 spiro atoms. The molecule has 4 saturated heterocycles. The molecular formula is C18H29N3O3. The molecule has 2 amide bonds. The van der Waals surface area contributed by atoms with Gasteiger partial charge in [0.1, 0.15) is 0 Å². The minimum absolute atomic E-state index is 0.156. The van der Waals surface area contributed by atoms with Crippen molar-refractivity contribution in [1.29, 1.82) is 0 Å². The van der Waals surface area contributed by atoms with Crippen LogP contribution in [0.5, 0.6) is 0 Å². The summed E-state index contributed by atoms with van der Waals surface area (Å²) in [7, 11) is 0. The third-order valence-electron chi connectivity index (χ3n) is 6.69. The summed E-state index contributed by atoms with van der Waals surface area (Å²) in [5, 5.41) is 2.98. The minimum atomic E-state index is -2.24. The number of ether oxygens (including phenoxy) is 1. The second kappa shape index (κ2) is 6.21. The van der Waals surface area contributed by atoms with Crippen LogP contribution in [0.2, 0.25) is 0 Å². The number of piperidine rings is 2. The van der Waals surface area contributed by atoms with Crippen LogP contribution in [0.25, 0.3) is 0 Å². The average molecular weight is 338 g/mol. The molecule has 24 heavy (non-hydrogen) atoms. The van der Waals surface area contributed by atoms with Gasteiger partial charge >= 0.3 is 6.09 Å². The summed E-state index contributed by atoms with van der Waals surface area (Å²) in [6, 6.07) is 0.781. The van der Waals surface area contributed by atoms with Gasteiger partial charge in [-0.3, -0.25) is 4.79 Å². The van der Waals surface area contributed by atoms with E-state index in [1.54, 1.807) is 4.90 Å². The smallest absolute Gasteiger partial charge is 0.410 e. The standard InChI is InChI=1S/C18H29N3O3/c1-2-24-17(23)21-13-3-4-14(21)10-15(9-13)20-7-5-18(6-8-20)11-16(22)19-12-18/h13-15H,2-12H2,1H3,(H,19,22)/i1D3. The van der Waals surface area contributed by atoms with Crippen LogP contribution in [0.3, 0.4) is 0 Å². The number of carbonyl (C=O) groups excluding carboxylic acids is 2. The first-order valence-electron chi connectivity index (χ1n) is 10.7. The Bertz CT molecular complexity index is 590. The van der Waals surface area contributed by atoms with Crippen molar-refractivity contribution in [2.45, 2.75) is 69.9 Å². The molecule has 0 aliphatic carbocycles. The van der Waals surface area contributed by atoms with Crippen LogP contribution in [0, 0.1) is 5.41 Å². The lowest BCUT2D eigenvalue weighted by molar-refractivity contribution is -0.119. The Labute approximate surface area is 148 Å². The molecule has 1 N–H and O–H groups in total. The van der Waals surface area contributed by atoms with E-state index in [4.69, 9.17) is 8.85 Å².